The Balaban J connectivity index is 3.21. The van der Waals surface area contributed by atoms with Gasteiger partial charge in [-0.15, -0.1) is 0 Å². The second kappa shape index (κ2) is 3.70. The van der Waals surface area contributed by atoms with E-state index in [-0.39, 0.29) is 5.69 Å². The van der Waals surface area contributed by atoms with E-state index in [1.807, 2.05) is 35.9 Å². The lowest BCUT2D eigenvalue weighted by Crippen LogP contribution is -1.93. The first-order valence-electron chi connectivity index (χ1n) is 3.27. The third kappa shape index (κ3) is 1.84. The molecule has 0 saturated heterocycles. The molecule has 0 aliphatic rings. The van der Waals surface area contributed by atoms with Gasteiger partial charge in [-0.2, -0.15) is 0 Å². The van der Waals surface area contributed by atoms with Crippen molar-refractivity contribution in [1.82, 2.24) is 0 Å². The summed E-state index contributed by atoms with van der Waals surface area (Å²) >= 11 is 1.87. The number of hydrogen-bond donors (Lipinski definition) is 1. The highest BCUT2D eigenvalue weighted by atomic mass is 127. The normalized spacial score (nSPS) is 9.50. The van der Waals surface area contributed by atoms with E-state index in [0.717, 1.165) is 5.56 Å². The van der Waals surface area contributed by atoms with Crippen LogP contribution in [0.15, 0.2) is 18.2 Å². The third-order valence-electron chi connectivity index (χ3n) is 1.45. The third-order valence-corrected chi connectivity index (χ3v) is 2.03. The maximum Gasteiger partial charge on any atom is 0.293 e. The molecular formula is C7H7IN2O2. The largest absolute Gasteiger partial charge is 0.323 e. The smallest absolute Gasteiger partial charge is 0.293 e. The van der Waals surface area contributed by atoms with Crippen LogP contribution in [0, 0.1) is 17.0 Å². The molecule has 0 unspecified atom stereocenters. The van der Waals surface area contributed by atoms with Crippen molar-refractivity contribution in [3.05, 3.63) is 33.9 Å². The Labute approximate surface area is 83.6 Å². The number of benzene rings is 1. The average molecular weight is 278 g/mol. The lowest BCUT2D eigenvalue weighted by atomic mass is 10.2. The summed E-state index contributed by atoms with van der Waals surface area (Å²) in [5, 5.41) is 10.5. The van der Waals surface area contributed by atoms with Crippen LogP contribution in [-0.2, 0) is 0 Å². The maximum atomic E-state index is 10.5. The molecule has 0 fully saturated rings. The quantitative estimate of drug-likeness (QED) is 0.391. The van der Waals surface area contributed by atoms with Gasteiger partial charge in [0.15, 0.2) is 0 Å². The minimum atomic E-state index is -0.395. The Kier molecular flexibility index (Phi) is 2.85. The number of nitrogens with zero attached hydrogens (tertiary/aromatic N) is 1. The van der Waals surface area contributed by atoms with E-state index in [1.165, 1.54) is 0 Å². The SMILES string of the molecule is Cc1ccc(NI)c([N+](=O)[O-])c1. The number of hydrogen-bond acceptors (Lipinski definition) is 3. The summed E-state index contributed by atoms with van der Waals surface area (Å²) in [6, 6.07) is 5.06. The molecule has 12 heavy (non-hydrogen) atoms. The minimum Gasteiger partial charge on any atom is -0.323 e. The van der Waals surface area contributed by atoms with E-state index in [2.05, 4.69) is 3.53 Å². The van der Waals surface area contributed by atoms with Crippen LogP contribution in [0.1, 0.15) is 5.56 Å². The van der Waals surface area contributed by atoms with Gasteiger partial charge < -0.3 is 3.53 Å². The van der Waals surface area contributed by atoms with Gasteiger partial charge in [-0.25, -0.2) is 0 Å². The van der Waals surface area contributed by atoms with Crippen molar-refractivity contribution >= 4 is 34.2 Å². The van der Waals surface area contributed by atoms with Crippen LogP contribution in [0.5, 0.6) is 0 Å². The Hall–Kier alpha value is -0.850. The Morgan fingerprint density at radius 1 is 1.58 bits per heavy atom. The Morgan fingerprint density at radius 3 is 2.75 bits per heavy atom. The predicted octanol–water partition coefficient (Wildman–Crippen LogP) is 2.67. The second-order valence-corrected chi connectivity index (χ2v) is 2.91. The number of nitro groups is 1. The summed E-state index contributed by atoms with van der Waals surface area (Å²) in [6.07, 6.45) is 0. The predicted molar refractivity (Wildman–Crippen MR) is 55.5 cm³/mol. The van der Waals surface area contributed by atoms with Crippen LogP contribution in [0.3, 0.4) is 0 Å². The lowest BCUT2D eigenvalue weighted by Gasteiger charge is -2.00. The van der Waals surface area contributed by atoms with Crippen LogP contribution in [0.4, 0.5) is 11.4 Å². The zero-order valence-corrected chi connectivity index (χ0v) is 8.53. The molecular weight excluding hydrogens is 271 g/mol. The van der Waals surface area contributed by atoms with Crippen LogP contribution in [-0.4, -0.2) is 4.92 Å². The first-order valence-corrected chi connectivity index (χ1v) is 4.34. The number of rotatable bonds is 2. The molecule has 0 saturated carbocycles. The molecule has 1 aromatic carbocycles. The molecule has 0 aromatic heterocycles. The fourth-order valence-electron chi connectivity index (χ4n) is 0.873. The van der Waals surface area contributed by atoms with Crippen LogP contribution in [0.2, 0.25) is 0 Å². The standard InChI is InChI=1S/C7H7IN2O2/c1-5-2-3-6(9-8)7(4-5)10(11)12/h2-4,9H,1H3. The van der Waals surface area contributed by atoms with Crippen molar-refractivity contribution in [3.8, 4) is 0 Å². The fourth-order valence-corrected chi connectivity index (χ4v) is 1.33. The molecule has 4 nitrogen and oxygen atoms in total. The second-order valence-electron chi connectivity index (χ2n) is 2.37. The number of aryl methyl sites for hydroxylation is 1. The molecule has 1 rings (SSSR count). The minimum absolute atomic E-state index is 0.115. The monoisotopic (exact) mass is 278 g/mol. The molecule has 0 radical (unpaired) electrons. The number of anilines is 1. The summed E-state index contributed by atoms with van der Waals surface area (Å²) in [6.45, 7) is 1.82. The zero-order valence-electron chi connectivity index (χ0n) is 6.37. The van der Waals surface area contributed by atoms with Crippen molar-refractivity contribution in [1.29, 1.82) is 0 Å². The average Bonchev–Trinajstić information content (AvgIpc) is 2.04. The molecule has 0 amide bonds. The van der Waals surface area contributed by atoms with E-state index in [4.69, 9.17) is 0 Å². The van der Waals surface area contributed by atoms with Gasteiger partial charge in [0.2, 0.25) is 0 Å². The van der Waals surface area contributed by atoms with Gasteiger partial charge in [-0.1, -0.05) is 6.07 Å². The summed E-state index contributed by atoms with van der Waals surface area (Å²) in [5.41, 5.74) is 1.53. The highest BCUT2D eigenvalue weighted by Gasteiger charge is 2.11. The van der Waals surface area contributed by atoms with Crippen molar-refractivity contribution in [3.63, 3.8) is 0 Å². The summed E-state index contributed by atoms with van der Waals surface area (Å²) in [7, 11) is 0. The van der Waals surface area contributed by atoms with E-state index in [9.17, 15) is 10.1 Å². The zero-order chi connectivity index (χ0) is 9.14. The molecule has 5 heteroatoms. The van der Waals surface area contributed by atoms with Crippen molar-refractivity contribution in [2.45, 2.75) is 6.92 Å². The molecule has 0 atom stereocenters. The van der Waals surface area contributed by atoms with Crippen LogP contribution < -0.4 is 3.53 Å². The van der Waals surface area contributed by atoms with E-state index in [1.54, 1.807) is 12.1 Å². The number of nitro benzene ring substituents is 1. The van der Waals surface area contributed by atoms with E-state index in [0.29, 0.717) is 5.69 Å². The van der Waals surface area contributed by atoms with E-state index >= 15 is 0 Å². The fraction of sp³-hybridized carbons (Fsp3) is 0.143. The van der Waals surface area contributed by atoms with Gasteiger partial charge in [0.05, 0.1) is 27.8 Å². The molecule has 0 aliphatic carbocycles. The van der Waals surface area contributed by atoms with Crippen LogP contribution >= 0.6 is 22.9 Å². The molecule has 0 bridgehead atoms. The molecule has 1 aromatic rings. The summed E-state index contributed by atoms with van der Waals surface area (Å²) in [4.78, 5) is 10.1. The number of halogens is 1. The van der Waals surface area contributed by atoms with Gasteiger partial charge in [0, 0.05) is 6.07 Å². The van der Waals surface area contributed by atoms with Gasteiger partial charge in [-0.3, -0.25) is 10.1 Å². The van der Waals surface area contributed by atoms with Crippen LogP contribution in [0.25, 0.3) is 0 Å². The molecule has 0 aliphatic heterocycles. The van der Waals surface area contributed by atoms with Crippen molar-refractivity contribution in [2.24, 2.45) is 0 Å². The van der Waals surface area contributed by atoms with Gasteiger partial charge >= 0.3 is 0 Å². The topological polar surface area (TPSA) is 55.2 Å². The lowest BCUT2D eigenvalue weighted by molar-refractivity contribution is -0.383. The Bertz CT molecular complexity index is 314. The first-order chi connectivity index (χ1) is 5.65. The first kappa shape index (κ1) is 9.24. The van der Waals surface area contributed by atoms with Crippen molar-refractivity contribution in [2.75, 3.05) is 3.53 Å². The molecule has 64 valence electrons. The van der Waals surface area contributed by atoms with Crippen molar-refractivity contribution < 1.29 is 4.92 Å². The van der Waals surface area contributed by atoms with Gasteiger partial charge in [0.1, 0.15) is 5.69 Å². The highest BCUT2D eigenvalue weighted by molar-refractivity contribution is 14.1. The molecule has 1 N–H and O–H groups in total. The summed E-state index contributed by atoms with van der Waals surface area (Å²) < 4.78 is 2.73. The molecule has 0 heterocycles. The Morgan fingerprint density at radius 2 is 2.25 bits per heavy atom. The van der Waals surface area contributed by atoms with Gasteiger partial charge in [0.25, 0.3) is 5.69 Å². The highest BCUT2D eigenvalue weighted by Crippen LogP contribution is 2.25. The van der Waals surface area contributed by atoms with E-state index < -0.39 is 4.92 Å². The maximum absolute atomic E-state index is 10.5. The number of nitrogens with one attached hydrogen (secondary N) is 1. The molecule has 0 spiro atoms. The summed E-state index contributed by atoms with van der Waals surface area (Å²) in [5.74, 6) is 0. The van der Waals surface area contributed by atoms with Gasteiger partial charge in [-0.05, 0) is 18.6 Å².